The molecule has 3 aromatic rings. The largest absolute Gasteiger partial charge is 0.454 e. The SMILES string of the molecule is O=C(CCCCCCCCC#Cc1cccc2c1CN(C1CCC(=O)NC1=O)C2=O)NCCS(=O)(=O)N1CCC(Nc2ncc(Br)c(Nc3cccc4c3OCO4)n2)CC1. The Bertz CT molecular complexity index is 2270. The van der Waals surface area contributed by atoms with Crippen molar-refractivity contribution >= 4 is 67.0 Å². The predicted molar refractivity (Wildman–Crippen MR) is 227 cm³/mol. The highest BCUT2D eigenvalue weighted by atomic mass is 79.9. The van der Waals surface area contributed by atoms with E-state index in [1.807, 2.05) is 24.3 Å². The molecule has 60 heavy (non-hydrogen) atoms. The molecule has 2 fully saturated rings. The molecule has 318 valence electrons. The summed E-state index contributed by atoms with van der Waals surface area (Å²) in [6.07, 6.45) is 10.1. The van der Waals surface area contributed by atoms with Crippen molar-refractivity contribution in [1.29, 1.82) is 0 Å². The smallest absolute Gasteiger partial charge is 0.255 e. The molecule has 0 saturated carbocycles. The van der Waals surface area contributed by atoms with Crippen LogP contribution in [0.1, 0.15) is 98.5 Å². The Morgan fingerprint density at radius 3 is 2.58 bits per heavy atom. The standard InChI is InChI=1S/C42H49BrN8O8S/c43-32-25-45-42(49-39(32)47-33-14-10-15-35-38(33)59-27-58-35)46-29-19-22-50(23-20-29)60(56,57)24-21-44-36(52)16-8-6-4-2-1-3-5-7-11-28-12-9-13-30-31(28)26-51(41(30)55)34-17-18-37(53)48-40(34)54/h9-10,12-15,25,29,34H,1-6,8,16-24,26-27H2,(H,44,52)(H,48,53,54)(H2,45,46,47,49). The highest BCUT2D eigenvalue weighted by molar-refractivity contribution is 9.10. The summed E-state index contributed by atoms with van der Waals surface area (Å²) >= 11 is 3.50. The normalized spacial score (nSPS) is 17.8. The number of carbonyl (C=O) groups is 4. The second-order valence-corrected chi connectivity index (χ2v) is 18.1. The number of halogens is 1. The number of unbranched alkanes of at least 4 members (excludes halogenated alkanes) is 6. The van der Waals surface area contributed by atoms with Gasteiger partial charge in [-0.05, 0) is 77.9 Å². The first-order chi connectivity index (χ1) is 29.1. The molecule has 5 heterocycles. The molecule has 4 aliphatic rings. The average molecular weight is 906 g/mol. The Hall–Kier alpha value is -5.25. The van der Waals surface area contributed by atoms with Crippen LogP contribution in [0.2, 0.25) is 0 Å². The van der Waals surface area contributed by atoms with Crippen molar-refractivity contribution in [1.82, 2.24) is 29.8 Å². The van der Waals surface area contributed by atoms with Crippen LogP contribution in [-0.4, -0.2) is 95.5 Å². The minimum absolute atomic E-state index is 0.00521. The maximum absolute atomic E-state index is 13.1. The van der Waals surface area contributed by atoms with Gasteiger partial charge < -0.3 is 30.3 Å². The number of piperidine rings is 2. The summed E-state index contributed by atoms with van der Waals surface area (Å²) in [6, 6.07) is 10.4. The molecule has 2 saturated heterocycles. The lowest BCUT2D eigenvalue weighted by atomic mass is 10.0. The lowest BCUT2D eigenvalue weighted by Crippen LogP contribution is -2.52. The van der Waals surface area contributed by atoms with Crippen molar-refractivity contribution in [3.8, 4) is 23.3 Å². The Morgan fingerprint density at radius 1 is 0.983 bits per heavy atom. The van der Waals surface area contributed by atoms with E-state index in [-0.39, 0.29) is 49.3 Å². The summed E-state index contributed by atoms with van der Waals surface area (Å²) in [4.78, 5) is 59.9. The van der Waals surface area contributed by atoms with E-state index in [2.05, 4.69) is 59.0 Å². The van der Waals surface area contributed by atoms with E-state index in [0.29, 0.717) is 84.3 Å². The van der Waals surface area contributed by atoms with Gasteiger partial charge >= 0.3 is 0 Å². The molecule has 7 rings (SSSR count). The van der Waals surface area contributed by atoms with Gasteiger partial charge in [0.2, 0.25) is 40.5 Å². The number of hydrogen-bond donors (Lipinski definition) is 4. The highest BCUT2D eigenvalue weighted by Crippen LogP contribution is 2.41. The molecule has 1 aromatic heterocycles. The van der Waals surface area contributed by atoms with Crippen molar-refractivity contribution in [2.75, 3.05) is 42.8 Å². The number of nitrogens with one attached hydrogen (secondary N) is 4. The Kier molecular flexibility index (Phi) is 14.2. The van der Waals surface area contributed by atoms with E-state index >= 15 is 0 Å². The minimum Gasteiger partial charge on any atom is -0.454 e. The summed E-state index contributed by atoms with van der Waals surface area (Å²) in [7, 11) is -3.53. The monoisotopic (exact) mass is 904 g/mol. The van der Waals surface area contributed by atoms with E-state index < -0.39 is 22.0 Å². The van der Waals surface area contributed by atoms with Crippen LogP contribution in [0.4, 0.5) is 17.5 Å². The molecule has 2 aromatic carbocycles. The summed E-state index contributed by atoms with van der Waals surface area (Å²) in [5, 5.41) is 11.7. The van der Waals surface area contributed by atoms with E-state index in [4.69, 9.17) is 9.47 Å². The first-order valence-corrected chi connectivity index (χ1v) is 22.9. The maximum Gasteiger partial charge on any atom is 0.255 e. The van der Waals surface area contributed by atoms with E-state index in [1.54, 1.807) is 18.3 Å². The number of sulfonamides is 1. The topological polar surface area (TPSA) is 201 Å². The number of ether oxygens (including phenoxy) is 2. The average Bonchev–Trinajstić information content (AvgIpc) is 3.85. The van der Waals surface area contributed by atoms with Gasteiger partial charge in [0.05, 0.1) is 15.9 Å². The van der Waals surface area contributed by atoms with Crippen LogP contribution in [0.25, 0.3) is 0 Å². The number of carbonyl (C=O) groups excluding carboxylic acids is 4. The fourth-order valence-electron chi connectivity index (χ4n) is 7.74. The van der Waals surface area contributed by atoms with Gasteiger partial charge in [-0.2, -0.15) is 4.98 Å². The van der Waals surface area contributed by atoms with Gasteiger partial charge in [-0.25, -0.2) is 17.7 Å². The van der Waals surface area contributed by atoms with Crippen LogP contribution in [0.15, 0.2) is 47.1 Å². The summed E-state index contributed by atoms with van der Waals surface area (Å²) in [5.74, 6) is 7.46. The molecule has 0 spiro atoms. The van der Waals surface area contributed by atoms with Crippen LogP contribution in [0.5, 0.6) is 11.5 Å². The zero-order valence-corrected chi connectivity index (χ0v) is 35.7. The number of fused-ring (bicyclic) bond motifs is 2. The number of nitrogens with zero attached hydrogens (tertiary/aromatic N) is 4. The van der Waals surface area contributed by atoms with Gasteiger partial charge in [0.15, 0.2) is 11.5 Å². The van der Waals surface area contributed by atoms with E-state index in [9.17, 15) is 27.6 Å². The van der Waals surface area contributed by atoms with E-state index in [0.717, 1.165) is 56.1 Å². The van der Waals surface area contributed by atoms with Gasteiger partial charge in [-0.15, -0.1) is 0 Å². The molecule has 0 aliphatic carbocycles. The second-order valence-electron chi connectivity index (χ2n) is 15.2. The molecule has 4 N–H and O–H groups in total. The lowest BCUT2D eigenvalue weighted by molar-refractivity contribution is -0.137. The quantitative estimate of drug-likeness (QED) is 0.0807. The highest BCUT2D eigenvalue weighted by Gasteiger charge is 2.39. The zero-order chi connectivity index (χ0) is 42.1. The predicted octanol–water partition coefficient (Wildman–Crippen LogP) is 4.97. The fraction of sp³-hybridized carbons (Fsp3) is 0.476. The van der Waals surface area contributed by atoms with Gasteiger partial charge in [-0.3, -0.25) is 24.5 Å². The van der Waals surface area contributed by atoms with Crippen LogP contribution in [-0.2, 0) is 31.0 Å². The lowest BCUT2D eigenvalue weighted by Gasteiger charge is -2.31. The first kappa shape index (κ1) is 42.9. The number of anilines is 3. The molecular formula is C42H49BrN8O8S. The maximum atomic E-state index is 13.1. The number of aromatic nitrogens is 2. The number of imide groups is 1. The third kappa shape index (κ3) is 10.7. The number of rotatable bonds is 17. The van der Waals surface area contributed by atoms with Gasteiger partial charge in [0.1, 0.15) is 11.9 Å². The summed E-state index contributed by atoms with van der Waals surface area (Å²) < 4.78 is 39.3. The molecule has 0 bridgehead atoms. The number of benzene rings is 2. The van der Waals surface area contributed by atoms with Gasteiger partial charge in [0.25, 0.3) is 5.91 Å². The zero-order valence-electron chi connectivity index (χ0n) is 33.3. The molecule has 16 nitrogen and oxygen atoms in total. The van der Waals surface area contributed by atoms with Crippen molar-refractivity contribution in [3.05, 3.63) is 63.8 Å². The van der Waals surface area contributed by atoms with Crippen molar-refractivity contribution in [2.24, 2.45) is 0 Å². The molecule has 1 atom stereocenters. The number of para-hydroxylation sites is 1. The van der Waals surface area contributed by atoms with Crippen molar-refractivity contribution < 1.29 is 37.1 Å². The van der Waals surface area contributed by atoms with Crippen LogP contribution in [0, 0.1) is 11.8 Å². The third-order valence-corrected chi connectivity index (χ3v) is 13.5. The van der Waals surface area contributed by atoms with Crippen LogP contribution >= 0.6 is 15.9 Å². The minimum atomic E-state index is -3.53. The molecule has 4 amide bonds. The molecule has 0 radical (unpaired) electrons. The summed E-state index contributed by atoms with van der Waals surface area (Å²) in [6.45, 7) is 1.25. The van der Waals surface area contributed by atoms with E-state index in [1.165, 1.54) is 9.21 Å². The fourth-order valence-corrected chi connectivity index (χ4v) is 9.42. The Labute approximate surface area is 358 Å². The van der Waals surface area contributed by atoms with Crippen LogP contribution in [0.3, 0.4) is 0 Å². The number of amides is 4. The first-order valence-electron chi connectivity index (χ1n) is 20.5. The molecular weight excluding hydrogens is 856 g/mol. The van der Waals surface area contributed by atoms with Gasteiger partial charge in [-0.1, -0.05) is 49.7 Å². The molecule has 1 unspecified atom stereocenters. The van der Waals surface area contributed by atoms with Crippen molar-refractivity contribution in [2.45, 2.75) is 95.7 Å². The summed E-state index contributed by atoms with van der Waals surface area (Å²) in [5.41, 5.74) is 2.89. The third-order valence-electron chi connectivity index (χ3n) is 11.0. The Balaban J connectivity index is 0.733. The van der Waals surface area contributed by atoms with Crippen molar-refractivity contribution in [3.63, 3.8) is 0 Å². The second kappa shape index (κ2) is 19.9. The molecule has 18 heteroatoms. The molecule has 4 aliphatic heterocycles. The number of hydrogen-bond acceptors (Lipinski definition) is 12. The van der Waals surface area contributed by atoms with Gasteiger partial charge in [0, 0.05) is 68.8 Å². The van der Waals surface area contributed by atoms with Crippen LogP contribution < -0.4 is 30.7 Å². The Morgan fingerprint density at radius 2 is 1.77 bits per heavy atom.